The van der Waals surface area contributed by atoms with Crippen LogP contribution in [0.2, 0.25) is 0 Å². The SMILES string of the molecule is CCc1[nH]cnc1C(=O)Nc1cc2c(cc1C)OCO2. The number of H-pyrrole nitrogens is 1. The van der Waals surface area contributed by atoms with Crippen LogP contribution < -0.4 is 14.8 Å². The fourth-order valence-electron chi connectivity index (χ4n) is 2.15. The highest BCUT2D eigenvalue weighted by atomic mass is 16.7. The molecule has 2 heterocycles. The van der Waals surface area contributed by atoms with Gasteiger partial charge in [-0.2, -0.15) is 0 Å². The number of ether oxygens (including phenoxy) is 2. The number of amides is 1. The zero-order valence-corrected chi connectivity index (χ0v) is 11.3. The van der Waals surface area contributed by atoms with E-state index in [1.54, 1.807) is 6.07 Å². The standard InChI is InChI=1S/C14H15N3O3/c1-3-9-13(16-6-15-9)14(18)17-10-5-12-11(4-8(10)2)19-7-20-12/h4-6H,3,7H2,1-2H3,(H,15,16)(H,17,18). The van der Waals surface area contributed by atoms with Crippen molar-refractivity contribution in [3.63, 3.8) is 0 Å². The van der Waals surface area contributed by atoms with Gasteiger partial charge in [0.1, 0.15) is 5.69 Å². The van der Waals surface area contributed by atoms with Gasteiger partial charge in [0, 0.05) is 17.4 Å². The molecule has 0 aliphatic carbocycles. The lowest BCUT2D eigenvalue weighted by Gasteiger charge is -2.09. The summed E-state index contributed by atoms with van der Waals surface area (Å²) >= 11 is 0. The van der Waals surface area contributed by atoms with Crippen LogP contribution in [0.5, 0.6) is 11.5 Å². The molecule has 6 heteroatoms. The van der Waals surface area contributed by atoms with E-state index < -0.39 is 0 Å². The average Bonchev–Trinajstić information content (AvgIpc) is 3.06. The molecule has 1 amide bonds. The monoisotopic (exact) mass is 273 g/mol. The molecule has 20 heavy (non-hydrogen) atoms. The second kappa shape index (κ2) is 4.88. The number of aryl methyl sites for hydroxylation is 2. The lowest BCUT2D eigenvalue weighted by molar-refractivity contribution is 0.102. The van der Waals surface area contributed by atoms with Crippen LogP contribution in [0.4, 0.5) is 5.69 Å². The first-order valence-corrected chi connectivity index (χ1v) is 6.43. The Kier molecular flexibility index (Phi) is 3.06. The number of hydrogen-bond acceptors (Lipinski definition) is 4. The molecule has 104 valence electrons. The number of nitrogens with zero attached hydrogens (tertiary/aromatic N) is 1. The Bertz CT molecular complexity index is 664. The van der Waals surface area contributed by atoms with Crippen LogP contribution in [0.15, 0.2) is 18.5 Å². The highest BCUT2D eigenvalue weighted by molar-refractivity contribution is 6.04. The minimum Gasteiger partial charge on any atom is -0.454 e. The molecule has 1 aliphatic rings. The lowest BCUT2D eigenvalue weighted by Crippen LogP contribution is -2.15. The Morgan fingerprint density at radius 3 is 2.90 bits per heavy atom. The summed E-state index contributed by atoms with van der Waals surface area (Å²) in [6.07, 6.45) is 2.25. The zero-order chi connectivity index (χ0) is 14.1. The predicted molar refractivity (Wildman–Crippen MR) is 73.2 cm³/mol. The molecule has 1 aliphatic heterocycles. The Balaban J connectivity index is 1.86. The van der Waals surface area contributed by atoms with Gasteiger partial charge in [0.05, 0.1) is 6.33 Å². The second-order valence-corrected chi connectivity index (χ2v) is 4.56. The van der Waals surface area contributed by atoms with E-state index in [9.17, 15) is 4.79 Å². The van der Waals surface area contributed by atoms with Crippen LogP contribution >= 0.6 is 0 Å². The first kappa shape index (κ1) is 12.5. The van der Waals surface area contributed by atoms with Crippen LogP contribution in [0.25, 0.3) is 0 Å². The number of carbonyl (C=O) groups excluding carboxylic acids is 1. The van der Waals surface area contributed by atoms with Gasteiger partial charge in [0.2, 0.25) is 6.79 Å². The maximum atomic E-state index is 12.2. The highest BCUT2D eigenvalue weighted by Gasteiger charge is 2.19. The van der Waals surface area contributed by atoms with E-state index in [1.807, 2.05) is 19.9 Å². The third-order valence-electron chi connectivity index (χ3n) is 3.25. The van der Waals surface area contributed by atoms with E-state index in [-0.39, 0.29) is 12.7 Å². The lowest BCUT2D eigenvalue weighted by atomic mass is 10.1. The summed E-state index contributed by atoms with van der Waals surface area (Å²) in [7, 11) is 0. The number of aromatic nitrogens is 2. The van der Waals surface area contributed by atoms with Crippen molar-refractivity contribution in [2.45, 2.75) is 20.3 Å². The van der Waals surface area contributed by atoms with Crippen molar-refractivity contribution in [3.05, 3.63) is 35.4 Å². The van der Waals surface area contributed by atoms with Crippen molar-refractivity contribution < 1.29 is 14.3 Å². The Morgan fingerprint density at radius 2 is 2.15 bits per heavy atom. The van der Waals surface area contributed by atoms with Crippen molar-refractivity contribution in [2.75, 3.05) is 12.1 Å². The van der Waals surface area contributed by atoms with Crippen LogP contribution in [0.3, 0.4) is 0 Å². The van der Waals surface area contributed by atoms with Crippen molar-refractivity contribution in [3.8, 4) is 11.5 Å². The molecule has 1 aromatic heterocycles. The van der Waals surface area contributed by atoms with Gasteiger partial charge in [0.15, 0.2) is 11.5 Å². The molecule has 0 fully saturated rings. The number of anilines is 1. The van der Waals surface area contributed by atoms with Gasteiger partial charge in [-0.05, 0) is 25.0 Å². The van der Waals surface area contributed by atoms with Gasteiger partial charge in [-0.1, -0.05) is 6.92 Å². The fourth-order valence-corrected chi connectivity index (χ4v) is 2.15. The summed E-state index contributed by atoms with van der Waals surface area (Å²) < 4.78 is 10.6. The van der Waals surface area contributed by atoms with E-state index in [0.717, 1.165) is 17.7 Å². The summed E-state index contributed by atoms with van der Waals surface area (Å²) in [5.41, 5.74) is 2.85. The molecule has 0 atom stereocenters. The van der Waals surface area contributed by atoms with E-state index in [4.69, 9.17) is 9.47 Å². The summed E-state index contributed by atoms with van der Waals surface area (Å²) in [6.45, 7) is 4.09. The first-order chi connectivity index (χ1) is 9.69. The minimum atomic E-state index is -0.231. The second-order valence-electron chi connectivity index (χ2n) is 4.56. The number of fused-ring (bicyclic) bond motifs is 1. The molecule has 0 bridgehead atoms. The number of nitrogens with one attached hydrogen (secondary N) is 2. The van der Waals surface area contributed by atoms with Crippen LogP contribution in [0, 0.1) is 6.92 Å². The Morgan fingerprint density at radius 1 is 1.40 bits per heavy atom. The molecule has 2 aromatic rings. The molecule has 3 rings (SSSR count). The Hall–Kier alpha value is -2.50. The van der Waals surface area contributed by atoms with E-state index in [1.165, 1.54) is 6.33 Å². The van der Waals surface area contributed by atoms with Gasteiger partial charge in [-0.15, -0.1) is 0 Å². The number of carbonyl (C=O) groups is 1. The molecule has 0 saturated heterocycles. The van der Waals surface area contributed by atoms with Crippen LogP contribution in [0.1, 0.15) is 28.7 Å². The molecule has 6 nitrogen and oxygen atoms in total. The predicted octanol–water partition coefficient (Wildman–Crippen LogP) is 2.26. The van der Waals surface area contributed by atoms with Gasteiger partial charge < -0.3 is 19.8 Å². The maximum Gasteiger partial charge on any atom is 0.276 e. The van der Waals surface area contributed by atoms with Crippen molar-refractivity contribution in [1.82, 2.24) is 9.97 Å². The molecule has 0 radical (unpaired) electrons. The third-order valence-corrected chi connectivity index (χ3v) is 3.25. The highest BCUT2D eigenvalue weighted by Crippen LogP contribution is 2.36. The summed E-state index contributed by atoms with van der Waals surface area (Å²) in [5, 5.41) is 2.86. The average molecular weight is 273 g/mol. The van der Waals surface area contributed by atoms with Crippen molar-refractivity contribution >= 4 is 11.6 Å². The van der Waals surface area contributed by atoms with E-state index in [2.05, 4.69) is 15.3 Å². The largest absolute Gasteiger partial charge is 0.454 e. The molecule has 2 N–H and O–H groups in total. The topological polar surface area (TPSA) is 76.2 Å². The number of imidazole rings is 1. The van der Waals surface area contributed by atoms with Crippen molar-refractivity contribution in [2.24, 2.45) is 0 Å². The summed E-state index contributed by atoms with van der Waals surface area (Å²) in [5.74, 6) is 1.11. The number of aromatic amines is 1. The normalized spacial score (nSPS) is 12.5. The number of benzene rings is 1. The van der Waals surface area contributed by atoms with Gasteiger partial charge in [-0.25, -0.2) is 4.98 Å². The van der Waals surface area contributed by atoms with Gasteiger partial charge in [0.25, 0.3) is 5.91 Å². The molecule has 1 aromatic carbocycles. The zero-order valence-electron chi connectivity index (χ0n) is 11.3. The van der Waals surface area contributed by atoms with E-state index >= 15 is 0 Å². The summed E-state index contributed by atoms with van der Waals surface area (Å²) in [6, 6.07) is 3.62. The van der Waals surface area contributed by atoms with Crippen LogP contribution in [-0.2, 0) is 6.42 Å². The summed E-state index contributed by atoms with van der Waals surface area (Å²) in [4.78, 5) is 19.3. The minimum absolute atomic E-state index is 0.214. The van der Waals surface area contributed by atoms with Crippen LogP contribution in [-0.4, -0.2) is 22.7 Å². The van der Waals surface area contributed by atoms with Gasteiger partial charge >= 0.3 is 0 Å². The van der Waals surface area contributed by atoms with E-state index in [0.29, 0.717) is 22.9 Å². The molecular formula is C14H15N3O3. The molecule has 0 spiro atoms. The smallest absolute Gasteiger partial charge is 0.276 e. The third kappa shape index (κ3) is 2.09. The molecule has 0 saturated carbocycles. The van der Waals surface area contributed by atoms with Gasteiger partial charge in [-0.3, -0.25) is 4.79 Å². The maximum absolute atomic E-state index is 12.2. The Labute approximate surface area is 116 Å². The fraction of sp³-hybridized carbons (Fsp3) is 0.286. The molecule has 0 unspecified atom stereocenters. The number of hydrogen-bond donors (Lipinski definition) is 2. The van der Waals surface area contributed by atoms with Crippen molar-refractivity contribution in [1.29, 1.82) is 0 Å². The quantitative estimate of drug-likeness (QED) is 0.899. The number of rotatable bonds is 3. The first-order valence-electron chi connectivity index (χ1n) is 6.43. The molecular weight excluding hydrogens is 258 g/mol.